The number of aryl methyl sites for hydroxylation is 1. The largest absolute Gasteiger partial charge is 0.351 e. The molecule has 0 aliphatic heterocycles. The van der Waals surface area contributed by atoms with E-state index in [1.54, 1.807) is 13.1 Å². The maximum Gasteiger partial charge on any atom is 0.290 e. The zero-order chi connectivity index (χ0) is 11.4. The topological polar surface area (TPSA) is 68.0 Å². The maximum atomic E-state index is 11.6. The van der Waals surface area contributed by atoms with Crippen molar-refractivity contribution in [3.8, 4) is 0 Å². The molecule has 16 heavy (non-hydrogen) atoms. The molecule has 0 fully saturated rings. The van der Waals surface area contributed by atoms with Crippen molar-refractivity contribution in [2.45, 2.75) is 13.5 Å². The van der Waals surface area contributed by atoms with Gasteiger partial charge < -0.3 is 9.84 Å². The van der Waals surface area contributed by atoms with Gasteiger partial charge in [0.15, 0.2) is 0 Å². The normalized spacial score (nSPS) is 10.1. The van der Waals surface area contributed by atoms with Crippen molar-refractivity contribution in [1.82, 2.24) is 15.5 Å². The number of hydrogen-bond donors (Lipinski definition) is 1. The summed E-state index contributed by atoms with van der Waals surface area (Å²) in [5.41, 5.74) is 1.52. The monoisotopic (exact) mass is 217 g/mol. The fraction of sp³-hybridized carbons (Fsp3) is 0.182. The van der Waals surface area contributed by atoms with Crippen molar-refractivity contribution in [3.63, 3.8) is 0 Å². The number of hydrogen-bond acceptors (Lipinski definition) is 4. The highest BCUT2D eigenvalue weighted by atomic mass is 16.5. The summed E-state index contributed by atoms with van der Waals surface area (Å²) in [4.78, 5) is 15.7. The highest BCUT2D eigenvalue weighted by Gasteiger charge is 2.13. The first-order valence-corrected chi connectivity index (χ1v) is 4.87. The summed E-state index contributed by atoms with van der Waals surface area (Å²) in [6.45, 7) is 2.14. The predicted molar refractivity (Wildman–Crippen MR) is 56.6 cm³/mol. The SMILES string of the molecule is Cc1cnoc1C(=O)NCc1ccccn1. The minimum Gasteiger partial charge on any atom is -0.351 e. The van der Waals surface area contributed by atoms with Crippen LogP contribution in [0.5, 0.6) is 0 Å². The van der Waals surface area contributed by atoms with Gasteiger partial charge in [-0.1, -0.05) is 11.2 Å². The van der Waals surface area contributed by atoms with E-state index < -0.39 is 0 Å². The number of nitrogens with one attached hydrogen (secondary N) is 1. The Labute approximate surface area is 92.5 Å². The Hall–Kier alpha value is -2.17. The molecule has 0 unspecified atom stereocenters. The first-order valence-electron chi connectivity index (χ1n) is 4.87. The smallest absolute Gasteiger partial charge is 0.290 e. The van der Waals surface area contributed by atoms with Gasteiger partial charge in [-0.2, -0.15) is 0 Å². The third-order valence-electron chi connectivity index (χ3n) is 2.11. The van der Waals surface area contributed by atoms with E-state index in [1.165, 1.54) is 6.20 Å². The molecule has 0 aromatic carbocycles. The number of amides is 1. The van der Waals surface area contributed by atoms with Crippen LogP contribution in [0.1, 0.15) is 21.8 Å². The van der Waals surface area contributed by atoms with Crippen molar-refractivity contribution in [2.24, 2.45) is 0 Å². The third-order valence-corrected chi connectivity index (χ3v) is 2.11. The lowest BCUT2D eigenvalue weighted by atomic mass is 10.3. The third kappa shape index (κ3) is 2.25. The van der Waals surface area contributed by atoms with Crippen LogP contribution in [-0.4, -0.2) is 16.0 Å². The number of carbonyl (C=O) groups is 1. The number of carbonyl (C=O) groups excluding carboxylic acids is 1. The van der Waals surface area contributed by atoms with E-state index in [4.69, 9.17) is 4.52 Å². The van der Waals surface area contributed by atoms with E-state index in [2.05, 4.69) is 15.5 Å². The van der Waals surface area contributed by atoms with Crippen molar-refractivity contribution < 1.29 is 9.32 Å². The zero-order valence-electron chi connectivity index (χ0n) is 8.80. The average Bonchev–Trinajstić information content (AvgIpc) is 2.74. The van der Waals surface area contributed by atoms with Crippen LogP contribution >= 0.6 is 0 Å². The minimum absolute atomic E-state index is 0.246. The van der Waals surface area contributed by atoms with Crippen molar-refractivity contribution in [1.29, 1.82) is 0 Å². The van der Waals surface area contributed by atoms with Crippen LogP contribution < -0.4 is 5.32 Å². The second-order valence-electron chi connectivity index (χ2n) is 3.34. The van der Waals surface area contributed by atoms with Crippen LogP contribution in [0.15, 0.2) is 35.1 Å². The van der Waals surface area contributed by atoms with Crippen LogP contribution in [0.4, 0.5) is 0 Å². The molecule has 1 N–H and O–H groups in total. The van der Waals surface area contributed by atoms with Gasteiger partial charge in [-0.15, -0.1) is 0 Å². The molecule has 2 aromatic heterocycles. The molecule has 0 radical (unpaired) electrons. The molecule has 2 aromatic rings. The molecule has 0 spiro atoms. The van der Waals surface area contributed by atoms with Crippen LogP contribution in [0.2, 0.25) is 0 Å². The summed E-state index contributed by atoms with van der Waals surface area (Å²) in [6, 6.07) is 5.54. The summed E-state index contributed by atoms with van der Waals surface area (Å²) in [6.07, 6.45) is 3.19. The lowest BCUT2D eigenvalue weighted by Crippen LogP contribution is -2.23. The Morgan fingerprint density at radius 3 is 3.00 bits per heavy atom. The van der Waals surface area contributed by atoms with Crippen molar-refractivity contribution in [3.05, 3.63) is 47.6 Å². The van der Waals surface area contributed by atoms with Crippen molar-refractivity contribution >= 4 is 5.91 Å². The fourth-order valence-corrected chi connectivity index (χ4v) is 1.26. The standard InChI is InChI=1S/C11H11N3O2/c1-8-6-14-16-10(8)11(15)13-7-9-4-2-3-5-12-9/h2-6H,7H2,1H3,(H,13,15). The van der Waals surface area contributed by atoms with Gasteiger partial charge >= 0.3 is 0 Å². The lowest BCUT2D eigenvalue weighted by Gasteiger charge is -2.02. The van der Waals surface area contributed by atoms with Gasteiger partial charge in [0.2, 0.25) is 5.76 Å². The Morgan fingerprint density at radius 1 is 1.50 bits per heavy atom. The van der Waals surface area contributed by atoms with Crippen LogP contribution in [0, 0.1) is 6.92 Å². The molecule has 0 atom stereocenters. The second-order valence-corrected chi connectivity index (χ2v) is 3.34. The quantitative estimate of drug-likeness (QED) is 0.841. The molecule has 1 amide bonds. The Bertz CT molecular complexity index is 479. The summed E-state index contributed by atoms with van der Waals surface area (Å²) in [5.74, 6) is -0.0309. The summed E-state index contributed by atoms with van der Waals surface area (Å²) < 4.78 is 4.83. The van der Waals surface area contributed by atoms with E-state index in [9.17, 15) is 4.79 Å². The number of rotatable bonds is 3. The van der Waals surface area contributed by atoms with Gasteiger partial charge in [-0.25, -0.2) is 0 Å². The molecule has 0 saturated heterocycles. The average molecular weight is 217 g/mol. The highest BCUT2D eigenvalue weighted by molar-refractivity contribution is 5.92. The first-order chi connectivity index (χ1) is 7.77. The molecular formula is C11H11N3O2. The second kappa shape index (κ2) is 4.57. The molecule has 5 heteroatoms. The first kappa shape index (κ1) is 10.4. The number of nitrogens with zero attached hydrogens (tertiary/aromatic N) is 2. The fourth-order valence-electron chi connectivity index (χ4n) is 1.26. The van der Waals surface area contributed by atoms with Gasteiger partial charge in [0.1, 0.15) is 0 Å². The molecule has 5 nitrogen and oxygen atoms in total. The van der Waals surface area contributed by atoms with Gasteiger partial charge in [0, 0.05) is 11.8 Å². The van der Waals surface area contributed by atoms with Crippen LogP contribution in [0.3, 0.4) is 0 Å². The molecular weight excluding hydrogens is 206 g/mol. The van der Waals surface area contributed by atoms with Crippen molar-refractivity contribution in [2.75, 3.05) is 0 Å². The summed E-state index contributed by atoms with van der Waals surface area (Å²) in [5, 5.41) is 6.25. The highest BCUT2D eigenvalue weighted by Crippen LogP contribution is 2.05. The van der Waals surface area contributed by atoms with E-state index in [1.807, 2.05) is 18.2 Å². The number of aromatic nitrogens is 2. The van der Waals surface area contributed by atoms with Gasteiger partial charge in [-0.3, -0.25) is 9.78 Å². The Balaban J connectivity index is 1.97. The van der Waals surface area contributed by atoms with Gasteiger partial charge in [0.25, 0.3) is 5.91 Å². The summed E-state index contributed by atoms with van der Waals surface area (Å²) in [7, 11) is 0. The molecule has 2 heterocycles. The van der Waals surface area contributed by atoms with Gasteiger partial charge in [0.05, 0.1) is 18.4 Å². The molecule has 0 saturated carbocycles. The van der Waals surface area contributed by atoms with Crippen LogP contribution in [-0.2, 0) is 6.54 Å². The lowest BCUT2D eigenvalue weighted by molar-refractivity contribution is 0.0912. The zero-order valence-corrected chi connectivity index (χ0v) is 8.80. The number of pyridine rings is 1. The maximum absolute atomic E-state index is 11.6. The Morgan fingerprint density at radius 2 is 2.38 bits per heavy atom. The minimum atomic E-state index is -0.277. The molecule has 0 aliphatic rings. The molecule has 0 bridgehead atoms. The van der Waals surface area contributed by atoms with E-state index >= 15 is 0 Å². The van der Waals surface area contributed by atoms with E-state index in [0.717, 1.165) is 11.3 Å². The van der Waals surface area contributed by atoms with E-state index in [-0.39, 0.29) is 11.7 Å². The molecule has 0 aliphatic carbocycles. The molecule has 82 valence electrons. The van der Waals surface area contributed by atoms with E-state index in [0.29, 0.717) is 6.54 Å². The summed E-state index contributed by atoms with van der Waals surface area (Å²) >= 11 is 0. The van der Waals surface area contributed by atoms with Gasteiger partial charge in [-0.05, 0) is 19.1 Å². The molecule has 2 rings (SSSR count). The Kier molecular flexibility index (Phi) is 2.95. The van der Waals surface area contributed by atoms with Crippen LogP contribution in [0.25, 0.3) is 0 Å². The predicted octanol–water partition coefficient (Wildman–Crippen LogP) is 1.31.